The predicted molar refractivity (Wildman–Crippen MR) is 211 cm³/mol. The van der Waals surface area contributed by atoms with Crippen molar-refractivity contribution in [2.75, 3.05) is 0 Å². The third kappa shape index (κ3) is 5.65. The van der Waals surface area contributed by atoms with Gasteiger partial charge in [0.1, 0.15) is 0 Å². The fourth-order valence-corrected chi connectivity index (χ4v) is 7.24. The monoisotopic (exact) mass is 677 g/mol. The van der Waals surface area contributed by atoms with Gasteiger partial charge in [-0.1, -0.05) is 127 Å². The van der Waals surface area contributed by atoms with E-state index in [9.17, 15) is 5.26 Å². The number of nitriles is 1. The Labute approximate surface area is 309 Å². The number of hydrogen-bond donors (Lipinski definition) is 0. The highest BCUT2D eigenvalue weighted by molar-refractivity contribution is 6.35. The van der Waals surface area contributed by atoms with Crippen LogP contribution in [0.25, 0.3) is 83.9 Å². The number of benzene rings is 7. The maximum absolute atomic E-state index is 10.5. The summed E-state index contributed by atoms with van der Waals surface area (Å²) in [6.07, 6.45) is 0. The second-order valence-electron chi connectivity index (χ2n) is 12.6. The molecule has 0 atom stereocenters. The van der Waals surface area contributed by atoms with Crippen molar-refractivity contribution in [2.24, 2.45) is 0 Å². The van der Waals surface area contributed by atoms with Crippen molar-refractivity contribution >= 4 is 42.5 Å². The van der Waals surface area contributed by atoms with Crippen LogP contribution in [-0.4, -0.2) is 35.8 Å². The first kappa shape index (κ1) is 31.4. The Balaban J connectivity index is 1.20. The van der Waals surface area contributed by atoms with Crippen molar-refractivity contribution in [3.63, 3.8) is 0 Å². The van der Waals surface area contributed by atoms with Crippen LogP contribution < -0.4 is 4.43 Å². The van der Waals surface area contributed by atoms with Crippen LogP contribution in [0.2, 0.25) is 0 Å². The molecule has 6 heteroatoms. The highest BCUT2D eigenvalue weighted by Crippen LogP contribution is 2.38. The lowest BCUT2D eigenvalue weighted by atomic mass is 9.97. The third-order valence-electron chi connectivity index (χ3n) is 9.46. The summed E-state index contributed by atoms with van der Waals surface area (Å²) >= 11 is 2.89. The fourth-order valence-electron chi connectivity index (χ4n) is 6.90. The van der Waals surface area contributed by atoms with Crippen LogP contribution in [0.4, 0.5) is 0 Å². The predicted octanol–water partition coefficient (Wildman–Crippen LogP) is 9.97. The lowest BCUT2D eigenvalue weighted by Crippen LogP contribution is -2.11. The largest absolute Gasteiger partial charge is 0.311 e. The van der Waals surface area contributed by atoms with Crippen molar-refractivity contribution in [1.82, 2.24) is 19.5 Å². The molecule has 9 rings (SSSR count). The lowest BCUT2D eigenvalue weighted by Gasteiger charge is -2.12. The maximum atomic E-state index is 10.5. The van der Waals surface area contributed by atoms with Gasteiger partial charge in [0.2, 0.25) is 0 Å². The van der Waals surface area contributed by atoms with E-state index < -0.39 is 0 Å². The Morgan fingerprint density at radius 3 is 1.46 bits per heavy atom. The molecule has 0 fully saturated rings. The minimum atomic E-state index is 0.457. The van der Waals surface area contributed by atoms with Gasteiger partial charge in [-0.05, 0) is 64.7 Å². The van der Waals surface area contributed by atoms with Gasteiger partial charge in [-0.3, -0.25) is 0 Å². The first-order valence-electron chi connectivity index (χ1n) is 17.0. The zero-order valence-corrected chi connectivity index (χ0v) is 29.1. The third-order valence-corrected chi connectivity index (χ3v) is 9.95. The van der Waals surface area contributed by atoms with Crippen LogP contribution in [-0.2, 0) is 0 Å². The van der Waals surface area contributed by atoms with Gasteiger partial charge in [0, 0.05) is 33.2 Å². The molecule has 9 aromatic rings. The van der Waals surface area contributed by atoms with Crippen LogP contribution >= 0.6 is 0 Å². The summed E-state index contributed by atoms with van der Waals surface area (Å²) in [5, 5.41) is 12.8. The van der Waals surface area contributed by atoms with Gasteiger partial charge in [0.25, 0.3) is 0 Å². The van der Waals surface area contributed by atoms with E-state index in [1.54, 1.807) is 0 Å². The molecule has 0 aliphatic carbocycles. The van der Waals surface area contributed by atoms with Gasteiger partial charge in [-0.2, -0.15) is 5.26 Å². The SMILES string of the molecule is N#Cc1cc(-c2ccc3c(c2)c2cc(-c4ccccc4)ccc2n3-c2cccc[c]2[Al])ccc1-c1nc(-c2ccccc2)nc(-c2ccccc2)n1. The Hall–Kier alpha value is -6.63. The van der Waals surface area contributed by atoms with E-state index in [0.29, 0.717) is 28.6 Å². The summed E-state index contributed by atoms with van der Waals surface area (Å²) in [6, 6.07) is 60.3. The topological polar surface area (TPSA) is 67.4 Å². The zero-order chi connectivity index (χ0) is 35.0. The highest BCUT2D eigenvalue weighted by Gasteiger charge is 2.18. The summed E-state index contributed by atoms with van der Waals surface area (Å²) in [6.45, 7) is 0. The molecule has 0 aliphatic rings. The average Bonchev–Trinajstić information content (AvgIpc) is 3.54. The minimum Gasteiger partial charge on any atom is -0.311 e. The molecule has 2 heterocycles. The van der Waals surface area contributed by atoms with Gasteiger partial charge in [0.15, 0.2) is 33.8 Å². The smallest absolute Gasteiger partial charge is 0.179 e. The number of para-hydroxylation sites is 1. The van der Waals surface area contributed by atoms with E-state index in [4.69, 9.17) is 15.0 Å². The first-order chi connectivity index (χ1) is 25.6. The molecule has 0 spiro atoms. The van der Waals surface area contributed by atoms with E-state index in [-0.39, 0.29) is 0 Å². The minimum absolute atomic E-state index is 0.457. The molecule has 0 bridgehead atoms. The molecule has 0 aliphatic heterocycles. The van der Waals surface area contributed by atoms with Crippen LogP contribution in [0.5, 0.6) is 0 Å². The quantitative estimate of drug-likeness (QED) is 0.164. The molecule has 0 saturated carbocycles. The second-order valence-corrected chi connectivity index (χ2v) is 13.3. The normalized spacial score (nSPS) is 11.1. The number of hydrogen-bond acceptors (Lipinski definition) is 4. The average molecular weight is 678 g/mol. The number of rotatable bonds is 6. The Morgan fingerprint density at radius 2 is 0.904 bits per heavy atom. The standard InChI is InChI=1S/C46H28N5.Al/c47-30-37-27-34(21-24-39(37)46-49-44(32-15-7-2-8-16-32)48-45(50-46)33-17-9-3-10-18-33)36-23-26-43-41(29-36)40-28-35(31-13-5-1-6-14-31)22-25-42(40)51(43)38-19-11-4-12-20-38;/h1-19,21-29H;. The molecule has 240 valence electrons. The van der Waals surface area contributed by atoms with E-state index in [2.05, 4.69) is 118 Å². The Bertz CT molecular complexity index is 2750. The highest BCUT2D eigenvalue weighted by atomic mass is 27.0. The molecule has 5 nitrogen and oxygen atoms in total. The fraction of sp³-hybridized carbons (Fsp3) is 0. The number of fused-ring (bicyclic) bond motifs is 3. The molecule has 0 amide bonds. The maximum Gasteiger partial charge on any atom is 0.179 e. The van der Waals surface area contributed by atoms with Gasteiger partial charge in [-0.15, -0.1) is 4.43 Å². The second kappa shape index (κ2) is 13.2. The van der Waals surface area contributed by atoms with Crippen LogP contribution in [0.15, 0.2) is 170 Å². The van der Waals surface area contributed by atoms with E-state index >= 15 is 0 Å². The molecule has 0 saturated heterocycles. The van der Waals surface area contributed by atoms with Crippen LogP contribution in [0.3, 0.4) is 0 Å². The van der Waals surface area contributed by atoms with Gasteiger partial charge in [-0.25, -0.2) is 15.0 Å². The van der Waals surface area contributed by atoms with Crippen LogP contribution in [0, 0.1) is 11.3 Å². The Morgan fingerprint density at radius 1 is 0.442 bits per heavy atom. The summed E-state index contributed by atoms with van der Waals surface area (Å²) in [5.74, 6) is 1.57. The van der Waals surface area contributed by atoms with Gasteiger partial charge in [0.05, 0.1) is 22.7 Å². The molecular formula is C46H28AlN5. The first-order valence-corrected chi connectivity index (χ1v) is 17.6. The van der Waals surface area contributed by atoms with Crippen molar-refractivity contribution in [3.05, 3.63) is 175 Å². The zero-order valence-electron chi connectivity index (χ0n) is 28.0. The van der Waals surface area contributed by atoms with E-state index in [1.807, 2.05) is 78.9 Å². The molecule has 52 heavy (non-hydrogen) atoms. The van der Waals surface area contributed by atoms with Gasteiger partial charge >= 0.3 is 0 Å². The molecule has 0 N–H and O–H groups in total. The molecule has 2 radical (unpaired) electrons. The van der Waals surface area contributed by atoms with Crippen LogP contribution in [0.1, 0.15) is 5.56 Å². The van der Waals surface area contributed by atoms with Crippen molar-refractivity contribution in [1.29, 1.82) is 5.26 Å². The molecule has 2 aromatic heterocycles. The van der Waals surface area contributed by atoms with Crippen molar-refractivity contribution in [2.45, 2.75) is 0 Å². The molecule has 7 aromatic carbocycles. The van der Waals surface area contributed by atoms with Crippen molar-refractivity contribution < 1.29 is 0 Å². The van der Waals surface area contributed by atoms with Gasteiger partial charge < -0.3 is 4.57 Å². The van der Waals surface area contributed by atoms with E-state index in [1.165, 1.54) is 5.56 Å². The van der Waals surface area contributed by atoms with Crippen molar-refractivity contribution in [3.8, 4) is 68.2 Å². The summed E-state index contributed by atoms with van der Waals surface area (Å²) in [5.41, 5.74) is 10.6. The number of aromatic nitrogens is 4. The number of nitrogens with zero attached hydrogens (tertiary/aromatic N) is 5. The molecular weight excluding hydrogens is 650 g/mol. The summed E-state index contributed by atoms with van der Waals surface area (Å²) < 4.78 is 3.46. The molecule has 0 unspecified atom stereocenters. The Kier molecular flexibility index (Phi) is 7.99. The summed E-state index contributed by atoms with van der Waals surface area (Å²) in [7, 11) is 0. The lowest BCUT2D eigenvalue weighted by molar-refractivity contribution is 1.07. The van der Waals surface area contributed by atoms with E-state index in [0.717, 1.165) is 59.7 Å². The summed E-state index contributed by atoms with van der Waals surface area (Å²) in [4.78, 5) is 14.6.